The number of hydrogen-bond acceptors (Lipinski definition) is 5. The van der Waals surface area contributed by atoms with E-state index in [1.165, 1.54) is 17.5 Å². The number of rotatable bonds is 2. The van der Waals surface area contributed by atoms with Crippen LogP contribution in [0.15, 0.2) is 6.20 Å². The van der Waals surface area contributed by atoms with Gasteiger partial charge in [0.05, 0.1) is 11.9 Å². The molecule has 0 bridgehead atoms. The summed E-state index contributed by atoms with van der Waals surface area (Å²) >= 11 is 7.02. The average molecular weight is 259 g/mol. The number of aryl methyl sites for hydroxylation is 1. The van der Waals surface area contributed by atoms with Crippen LogP contribution in [0.3, 0.4) is 0 Å². The van der Waals surface area contributed by atoms with Gasteiger partial charge in [-0.05, 0) is 6.92 Å². The summed E-state index contributed by atoms with van der Waals surface area (Å²) in [7, 11) is 1.60. The van der Waals surface area contributed by atoms with Crippen LogP contribution in [0.2, 0.25) is 4.34 Å². The van der Waals surface area contributed by atoms with Gasteiger partial charge in [0, 0.05) is 7.05 Å². The highest BCUT2D eigenvalue weighted by molar-refractivity contribution is 7.18. The molecule has 2 heterocycles. The van der Waals surface area contributed by atoms with Gasteiger partial charge in [0.2, 0.25) is 0 Å². The van der Waals surface area contributed by atoms with Crippen LogP contribution in [0.5, 0.6) is 0 Å². The molecule has 2 aromatic rings. The van der Waals surface area contributed by atoms with Crippen molar-refractivity contribution in [3.05, 3.63) is 22.0 Å². The monoisotopic (exact) mass is 258 g/mol. The van der Waals surface area contributed by atoms with Crippen LogP contribution in [-0.4, -0.2) is 22.0 Å². The van der Waals surface area contributed by atoms with Gasteiger partial charge >= 0.3 is 0 Å². The van der Waals surface area contributed by atoms with Crippen LogP contribution < -0.4 is 5.32 Å². The van der Waals surface area contributed by atoms with E-state index in [0.29, 0.717) is 15.2 Å². The molecular weight excluding hydrogens is 251 g/mol. The summed E-state index contributed by atoms with van der Waals surface area (Å²) in [5, 5.41) is 3.24. The minimum Gasteiger partial charge on any atom is -0.371 e. The summed E-state index contributed by atoms with van der Waals surface area (Å²) in [5.41, 5.74) is 0.278. The van der Waals surface area contributed by atoms with Crippen LogP contribution in [0.1, 0.15) is 5.69 Å². The fraction of sp³-hybridized carbons (Fsp3) is 0.222. The Morgan fingerprint density at radius 3 is 2.75 bits per heavy atom. The first-order chi connectivity index (χ1) is 7.61. The van der Waals surface area contributed by atoms with Gasteiger partial charge in [-0.3, -0.25) is 0 Å². The van der Waals surface area contributed by atoms with Crippen molar-refractivity contribution in [1.29, 1.82) is 0 Å². The average Bonchev–Trinajstić information content (AvgIpc) is 2.69. The van der Waals surface area contributed by atoms with Crippen LogP contribution in [0.4, 0.5) is 10.2 Å². The summed E-state index contributed by atoms with van der Waals surface area (Å²) in [5.74, 6) is 0.0860. The van der Waals surface area contributed by atoms with Gasteiger partial charge in [-0.2, -0.15) is 0 Å². The summed E-state index contributed by atoms with van der Waals surface area (Å²) in [6, 6.07) is 0. The van der Waals surface area contributed by atoms with Crippen LogP contribution >= 0.6 is 22.9 Å². The van der Waals surface area contributed by atoms with Crippen LogP contribution in [-0.2, 0) is 0 Å². The molecule has 7 heteroatoms. The largest absolute Gasteiger partial charge is 0.371 e. The number of nitrogens with zero attached hydrogens (tertiary/aromatic N) is 3. The molecule has 0 amide bonds. The highest BCUT2D eigenvalue weighted by Crippen LogP contribution is 2.27. The third kappa shape index (κ3) is 1.98. The molecule has 0 saturated carbocycles. The molecule has 0 saturated heterocycles. The van der Waals surface area contributed by atoms with Crippen molar-refractivity contribution in [2.75, 3.05) is 12.4 Å². The standard InChI is InChI=1S/C9H8ClFN4S/c1-4-6(11)7(12-2)15-8(14-4)9-13-3-5(10)16-9/h3H,1-2H3,(H,12,14,15). The molecule has 0 aliphatic heterocycles. The molecule has 2 aromatic heterocycles. The van der Waals surface area contributed by atoms with E-state index >= 15 is 0 Å². The smallest absolute Gasteiger partial charge is 0.191 e. The van der Waals surface area contributed by atoms with Gasteiger partial charge in [-0.1, -0.05) is 22.9 Å². The number of aromatic nitrogens is 3. The third-order valence-corrected chi connectivity index (χ3v) is 3.03. The molecule has 0 aromatic carbocycles. The fourth-order valence-corrected chi connectivity index (χ4v) is 2.02. The van der Waals surface area contributed by atoms with E-state index in [1.54, 1.807) is 14.0 Å². The van der Waals surface area contributed by atoms with Crippen molar-refractivity contribution in [2.45, 2.75) is 6.92 Å². The molecule has 0 fully saturated rings. The van der Waals surface area contributed by atoms with Crippen molar-refractivity contribution in [1.82, 2.24) is 15.0 Å². The van der Waals surface area contributed by atoms with Gasteiger partial charge < -0.3 is 5.32 Å². The first kappa shape index (κ1) is 11.2. The molecule has 0 spiro atoms. The topological polar surface area (TPSA) is 50.7 Å². The molecule has 16 heavy (non-hydrogen) atoms. The lowest BCUT2D eigenvalue weighted by Crippen LogP contribution is -2.03. The number of anilines is 1. The van der Waals surface area contributed by atoms with Gasteiger partial charge in [-0.15, -0.1) is 0 Å². The van der Waals surface area contributed by atoms with Gasteiger partial charge in [0.15, 0.2) is 22.5 Å². The second-order valence-corrected chi connectivity index (χ2v) is 4.68. The Bertz CT molecular complexity index is 528. The maximum absolute atomic E-state index is 13.5. The molecular formula is C9H8ClFN4S. The molecule has 0 aliphatic rings. The van der Waals surface area contributed by atoms with E-state index in [1.807, 2.05) is 0 Å². The van der Waals surface area contributed by atoms with Crippen molar-refractivity contribution >= 4 is 28.8 Å². The van der Waals surface area contributed by atoms with E-state index in [2.05, 4.69) is 20.3 Å². The number of halogens is 2. The second-order valence-electron chi connectivity index (χ2n) is 3.01. The van der Waals surface area contributed by atoms with Crippen molar-refractivity contribution in [3.63, 3.8) is 0 Å². The van der Waals surface area contributed by atoms with Crippen molar-refractivity contribution in [2.24, 2.45) is 0 Å². The Morgan fingerprint density at radius 1 is 1.44 bits per heavy atom. The molecule has 0 radical (unpaired) electrons. The van der Waals surface area contributed by atoms with E-state index < -0.39 is 5.82 Å². The van der Waals surface area contributed by atoms with Crippen LogP contribution in [0.25, 0.3) is 10.8 Å². The normalized spacial score (nSPS) is 10.5. The Morgan fingerprint density at radius 2 is 2.19 bits per heavy atom. The summed E-state index contributed by atoms with van der Waals surface area (Å²) < 4.78 is 14.0. The zero-order valence-electron chi connectivity index (χ0n) is 8.58. The predicted octanol–water partition coefficient (Wildman–Crippen LogP) is 2.74. The zero-order chi connectivity index (χ0) is 11.7. The van der Waals surface area contributed by atoms with E-state index in [-0.39, 0.29) is 11.5 Å². The zero-order valence-corrected chi connectivity index (χ0v) is 10.2. The van der Waals surface area contributed by atoms with Crippen molar-refractivity contribution < 1.29 is 4.39 Å². The first-order valence-electron chi connectivity index (χ1n) is 4.45. The van der Waals surface area contributed by atoms with E-state index in [4.69, 9.17) is 11.6 Å². The van der Waals surface area contributed by atoms with E-state index in [0.717, 1.165) is 0 Å². The Kier molecular flexibility index (Phi) is 3.02. The molecule has 2 rings (SSSR count). The Balaban J connectivity index is 2.54. The van der Waals surface area contributed by atoms with Gasteiger partial charge in [0.1, 0.15) is 4.34 Å². The second kappa shape index (κ2) is 4.31. The number of thiazole rings is 1. The van der Waals surface area contributed by atoms with Crippen molar-refractivity contribution in [3.8, 4) is 10.8 Å². The molecule has 4 nitrogen and oxygen atoms in total. The third-order valence-electron chi connectivity index (χ3n) is 1.92. The lowest BCUT2D eigenvalue weighted by Gasteiger charge is -2.05. The molecule has 0 aliphatic carbocycles. The number of hydrogen-bond donors (Lipinski definition) is 1. The summed E-state index contributed by atoms with van der Waals surface area (Å²) in [6.45, 7) is 1.58. The van der Waals surface area contributed by atoms with Gasteiger partial charge in [0.25, 0.3) is 0 Å². The minimum atomic E-state index is -0.450. The molecule has 0 unspecified atom stereocenters. The summed E-state index contributed by atoms with van der Waals surface area (Å²) in [4.78, 5) is 12.1. The Hall–Kier alpha value is -1.27. The fourth-order valence-electron chi connectivity index (χ4n) is 1.18. The highest BCUT2D eigenvalue weighted by atomic mass is 35.5. The summed E-state index contributed by atoms with van der Waals surface area (Å²) in [6.07, 6.45) is 1.52. The SMILES string of the molecule is CNc1nc(-c2ncc(Cl)s2)nc(C)c1F. The molecule has 84 valence electrons. The maximum Gasteiger partial charge on any atom is 0.191 e. The molecule has 0 atom stereocenters. The minimum absolute atomic E-state index is 0.161. The van der Waals surface area contributed by atoms with Crippen LogP contribution in [0, 0.1) is 12.7 Å². The van der Waals surface area contributed by atoms with E-state index in [9.17, 15) is 4.39 Å². The number of nitrogens with one attached hydrogen (secondary N) is 1. The highest BCUT2D eigenvalue weighted by Gasteiger charge is 2.13. The maximum atomic E-state index is 13.5. The first-order valence-corrected chi connectivity index (χ1v) is 5.65. The predicted molar refractivity (Wildman–Crippen MR) is 62.4 cm³/mol. The molecule has 1 N–H and O–H groups in total. The Labute approximate surface area is 101 Å². The lowest BCUT2D eigenvalue weighted by molar-refractivity contribution is 0.607. The quantitative estimate of drug-likeness (QED) is 0.900. The lowest BCUT2D eigenvalue weighted by atomic mass is 10.4. The van der Waals surface area contributed by atoms with Gasteiger partial charge in [-0.25, -0.2) is 19.3 Å².